The molecule has 0 saturated heterocycles. The van der Waals surface area contributed by atoms with Crippen LogP contribution in [-0.2, 0) is 0 Å². The average molecular weight is 317 g/mol. The maximum Gasteiger partial charge on any atom is 0.153 e. The predicted molar refractivity (Wildman–Crippen MR) is 71.0 cm³/mol. The van der Waals surface area contributed by atoms with Gasteiger partial charge < -0.3 is 11.1 Å². The van der Waals surface area contributed by atoms with Crippen molar-refractivity contribution in [1.82, 2.24) is 4.98 Å². The van der Waals surface area contributed by atoms with Gasteiger partial charge in [-0.05, 0) is 40.2 Å². The lowest BCUT2D eigenvalue weighted by Gasteiger charge is -2.08. The van der Waals surface area contributed by atoms with Gasteiger partial charge in [0.2, 0.25) is 0 Å². The number of nitrogens with zero attached hydrogens (tertiary/aromatic N) is 1. The first-order valence-corrected chi connectivity index (χ1v) is 5.86. The van der Waals surface area contributed by atoms with Gasteiger partial charge in [-0.25, -0.2) is 9.37 Å². The highest BCUT2D eigenvalue weighted by atomic mass is 79.9. The fraction of sp³-hybridized carbons (Fsp3) is 0. The summed E-state index contributed by atoms with van der Waals surface area (Å²) >= 11 is 8.93. The molecule has 0 fully saturated rings. The third kappa shape index (κ3) is 2.87. The van der Waals surface area contributed by atoms with Crippen molar-refractivity contribution >= 4 is 44.7 Å². The minimum absolute atomic E-state index is 0.0469. The summed E-state index contributed by atoms with van der Waals surface area (Å²) in [5.74, 6) is 0.0322. The summed E-state index contributed by atoms with van der Waals surface area (Å²) in [6, 6.07) is 6.03. The molecule has 1 heterocycles. The normalized spacial score (nSPS) is 10.3. The zero-order valence-corrected chi connectivity index (χ0v) is 10.9. The van der Waals surface area contributed by atoms with E-state index < -0.39 is 5.82 Å². The largest absolute Gasteiger partial charge is 0.396 e. The number of benzene rings is 1. The maximum atomic E-state index is 13.0. The molecule has 0 unspecified atom stereocenters. The molecule has 6 heteroatoms. The topological polar surface area (TPSA) is 50.9 Å². The number of pyridine rings is 1. The van der Waals surface area contributed by atoms with Crippen molar-refractivity contribution in [2.75, 3.05) is 11.1 Å². The van der Waals surface area contributed by atoms with E-state index in [0.717, 1.165) is 4.47 Å². The summed E-state index contributed by atoms with van der Waals surface area (Å²) in [5.41, 5.74) is 6.88. The fourth-order valence-electron chi connectivity index (χ4n) is 1.27. The molecule has 0 saturated carbocycles. The van der Waals surface area contributed by atoms with E-state index in [1.165, 1.54) is 12.1 Å². The quantitative estimate of drug-likeness (QED) is 0.881. The van der Waals surface area contributed by atoms with Crippen LogP contribution >= 0.6 is 27.5 Å². The van der Waals surface area contributed by atoms with E-state index in [9.17, 15) is 4.39 Å². The molecule has 2 rings (SSSR count). The van der Waals surface area contributed by atoms with Gasteiger partial charge in [0.15, 0.2) is 5.82 Å². The Hall–Kier alpha value is -1.33. The van der Waals surface area contributed by atoms with Crippen LogP contribution < -0.4 is 11.1 Å². The van der Waals surface area contributed by atoms with E-state index in [4.69, 9.17) is 17.3 Å². The molecule has 0 aliphatic carbocycles. The van der Waals surface area contributed by atoms with E-state index in [2.05, 4.69) is 26.2 Å². The van der Waals surface area contributed by atoms with Gasteiger partial charge in [-0.2, -0.15) is 0 Å². The number of halogens is 3. The monoisotopic (exact) mass is 315 g/mol. The molecule has 0 spiro atoms. The number of nitrogens with two attached hydrogens (primary N) is 1. The van der Waals surface area contributed by atoms with E-state index in [1.54, 1.807) is 18.3 Å². The van der Waals surface area contributed by atoms with Crippen molar-refractivity contribution in [3.05, 3.63) is 45.8 Å². The van der Waals surface area contributed by atoms with Gasteiger partial charge in [-0.3, -0.25) is 0 Å². The molecule has 0 atom stereocenters. The Kier molecular flexibility index (Phi) is 3.49. The standard InChI is InChI=1S/C11H8BrClFN3/c12-6-3-10(15)11(16-5-6)17-7-1-2-9(14)8(13)4-7/h1-5H,15H2,(H,16,17). The van der Waals surface area contributed by atoms with Gasteiger partial charge in [0.25, 0.3) is 0 Å². The third-order valence-electron chi connectivity index (χ3n) is 2.07. The number of aromatic nitrogens is 1. The van der Waals surface area contributed by atoms with Gasteiger partial charge in [0.1, 0.15) is 5.82 Å². The van der Waals surface area contributed by atoms with E-state index in [1.807, 2.05) is 0 Å². The Labute approximate surface area is 111 Å². The van der Waals surface area contributed by atoms with Gasteiger partial charge in [-0.1, -0.05) is 11.6 Å². The highest BCUT2D eigenvalue weighted by molar-refractivity contribution is 9.10. The number of hydrogen-bond donors (Lipinski definition) is 2. The summed E-state index contributed by atoms with van der Waals surface area (Å²) < 4.78 is 13.8. The molecule has 0 amide bonds. The van der Waals surface area contributed by atoms with Gasteiger partial charge in [0.05, 0.1) is 10.7 Å². The Morgan fingerprint density at radius 2 is 2.12 bits per heavy atom. The second-order valence-electron chi connectivity index (χ2n) is 3.35. The van der Waals surface area contributed by atoms with Gasteiger partial charge in [0, 0.05) is 16.4 Å². The molecule has 3 nitrogen and oxygen atoms in total. The lowest BCUT2D eigenvalue weighted by atomic mass is 10.3. The molecule has 1 aromatic carbocycles. The minimum Gasteiger partial charge on any atom is -0.396 e. The highest BCUT2D eigenvalue weighted by Crippen LogP contribution is 2.26. The summed E-state index contributed by atoms with van der Waals surface area (Å²) in [7, 11) is 0. The van der Waals surface area contributed by atoms with Crippen LogP contribution in [-0.4, -0.2) is 4.98 Å². The van der Waals surface area contributed by atoms with Gasteiger partial charge in [-0.15, -0.1) is 0 Å². The molecule has 88 valence electrons. The summed E-state index contributed by atoms with van der Waals surface area (Å²) in [6.45, 7) is 0. The molecule has 0 aliphatic heterocycles. The van der Waals surface area contributed by atoms with Crippen LogP contribution in [0.3, 0.4) is 0 Å². The Morgan fingerprint density at radius 3 is 2.76 bits per heavy atom. The van der Waals surface area contributed by atoms with Crippen molar-refractivity contribution in [3.63, 3.8) is 0 Å². The highest BCUT2D eigenvalue weighted by Gasteiger charge is 2.04. The first-order chi connectivity index (χ1) is 8.06. The molecule has 17 heavy (non-hydrogen) atoms. The van der Waals surface area contributed by atoms with Crippen LogP contribution in [0.25, 0.3) is 0 Å². The molecular formula is C11H8BrClFN3. The maximum absolute atomic E-state index is 13.0. The summed E-state index contributed by atoms with van der Waals surface area (Å²) in [5, 5.41) is 3.01. The van der Waals surface area contributed by atoms with Crippen molar-refractivity contribution in [3.8, 4) is 0 Å². The van der Waals surface area contributed by atoms with Crippen LogP contribution in [0.4, 0.5) is 21.6 Å². The SMILES string of the molecule is Nc1cc(Br)cnc1Nc1ccc(F)c(Cl)c1. The van der Waals surface area contributed by atoms with E-state index in [-0.39, 0.29) is 5.02 Å². The number of hydrogen-bond acceptors (Lipinski definition) is 3. The molecular weight excluding hydrogens is 308 g/mol. The van der Waals surface area contributed by atoms with Gasteiger partial charge >= 0.3 is 0 Å². The third-order valence-corrected chi connectivity index (χ3v) is 2.79. The van der Waals surface area contributed by atoms with Crippen molar-refractivity contribution in [1.29, 1.82) is 0 Å². The zero-order valence-electron chi connectivity index (χ0n) is 8.55. The van der Waals surface area contributed by atoms with E-state index >= 15 is 0 Å². The van der Waals surface area contributed by atoms with Crippen LogP contribution in [0.1, 0.15) is 0 Å². The summed E-state index contributed by atoms with van der Waals surface area (Å²) in [6.07, 6.45) is 1.61. The Morgan fingerprint density at radius 1 is 1.35 bits per heavy atom. The zero-order chi connectivity index (χ0) is 12.4. The van der Waals surface area contributed by atoms with Crippen LogP contribution in [0.2, 0.25) is 5.02 Å². The molecule has 0 bridgehead atoms. The number of rotatable bonds is 2. The minimum atomic E-state index is -0.464. The number of nitrogens with one attached hydrogen (secondary N) is 1. The van der Waals surface area contributed by atoms with Crippen LogP contribution in [0.15, 0.2) is 34.9 Å². The predicted octanol–water partition coefficient (Wildman–Crippen LogP) is 3.96. The molecule has 2 aromatic rings. The fourth-order valence-corrected chi connectivity index (χ4v) is 1.80. The Balaban J connectivity index is 2.28. The van der Waals surface area contributed by atoms with Crippen molar-refractivity contribution in [2.45, 2.75) is 0 Å². The number of nitrogen functional groups attached to an aromatic ring is 1. The smallest absolute Gasteiger partial charge is 0.153 e. The number of anilines is 3. The second kappa shape index (κ2) is 4.89. The van der Waals surface area contributed by atoms with Crippen LogP contribution in [0, 0.1) is 5.82 Å². The first-order valence-electron chi connectivity index (χ1n) is 4.69. The van der Waals surface area contributed by atoms with Crippen LogP contribution in [0.5, 0.6) is 0 Å². The lowest BCUT2D eigenvalue weighted by Crippen LogP contribution is -1.99. The second-order valence-corrected chi connectivity index (χ2v) is 4.67. The van der Waals surface area contributed by atoms with E-state index in [0.29, 0.717) is 17.2 Å². The molecule has 0 radical (unpaired) electrons. The van der Waals surface area contributed by atoms with Crippen molar-refractivity contribution < 1.29 is 4.39 Å². The summed E-state index contributed by atoms with van der Waals surface area (Å²) in [4.78, 5) is 4.11. The molecule has 0 aliphatic rings. The Bertz CT molecular complexity index is 562. The lowest BCUT2D eigenvalue weighted by molar-refractivity contribution is 0.628. The molecule has 3 N–H and O–H groups in total. The molecule has 1 aromatic heterocycles. The van der Waals surface area contributed by atoms with Crippen molar-refractivity contribution in [2.24, 2.45) is 0 Å². The average Bonchev–Trinajstić information content (AvgIpc) is 2.27. The first kappa shape index (κ1) is 12.1.